The lowest BCUT2D eigenvalue weighted by molar-refractivity contribution is 0.310. The van der Waals surface area contributed by atoms with E-state index in [0.717, 1.165) is 24.3 Å². The number of aliphatic hydroxyl groups excluding tert-OH is 4. The molecule has 0 aliphatic rings. The first-order valence-corrected chi connectivity index (χ1v) is 18.0. The zero-order valence-electron chi connectivity index (χ0n) is 27.0. The maximum atomic E-state index is 12.3. The minimum Gasteiger partial charge on any atom is -0.744 e. The molecule has 0 radical (unpaired) electrons. The summed E-state index contributed by atoms with van der Waals surface area (Å²) in [6, 6.07) is 7.31. The number of nitrogens with zero attached hydrogens (tertiary/aromatic N) is 6. The van der Waals surface area contributed by atoms with Gasteiger partial charge < -0.3 is 61.4 Å². The fourth-order valence-electron chi connectivity index (χ4n) is 4.22. The Labute approximate surface area is 297 Å². The first-order chi connectivity index (χ1) is 24.8. The summed E-state index contributed by atoms with van der Waals surface area (Å²) >= 11 is 0. The minimum atomic E-state index is -5.11. The van der Waals surface area contributed by atoms with Crippen LogP contribution in [0.5, 0.6) is 0 Å². The topological polar surface area (TPSA) is 345 Å². The second kappa shape index (κ2) is 18.2. The third-order valence-electron chi connectivity index (χ3n) is 6.37. The molecule has 22 nitrogen and oxygen atoms in total. The molecule has 2 aromatic heterocycles. The van der Waals surface area contributed by atoms with Crippen LogP contribution in [0, 0.1) is 0 Å². The smallest absolute Gasteiger partial charge is 0.233 e. The monoisotopic (exact) mass is 762 g/mol. The number of aliphatic hydroxyl groups is 4. The molecule has 52 heavy (non-hydrogen) atoms. The van der Waals surface area contributed by atoms with Gasteiger partial charge in [-0.3, -0.25) is 0 Å². The summed E-state index contributed by atoms with van der Waals surface area (Å²) in [7, 11) is -10.2. The Morgan fingerprint density at radius 1 is 0.500 bits per heavy atom. The van der Waals surface area contributed by atoms with E-state index in [0.29, 0.717) is 0 Å². The molecule has 0 aliphatic heterocycles. The molecule has 0 fully saturated rings. The average molecular weight is 763 g/mol. The Balaban J connectivity index is 1.64. The van der Waals surface area contributed by atoms with Crippen LogP contribution in [0.4, 0.5) is 47.1 Å². The van der Waals surface area contributed by atoms with E-state index in [4.69, 9.17) is 20.4 Å². The van der Waals surface area contributed by atoms with Crippen LogP contribution in [-0.2, 0) is 20.2 Å². The van der Waals surface area contributed by atoms with Gasteiger partial charge in [-0.05, 0) is 35.4 Å². The van der Waals surface area contributed by atoms with Crippen LogP contribution in [0.25, 0.3) is 12.2 Å². The lowest BCUT2D eigenvalue weighted by Crippen LogP contribution is -2.15. The standard InChI is InChI=1S/C28H36N12O10S2/c41-11-7-29-23-35-24(30-8-12-42)38-27(37-23)33-19-5-3-17(21(15-19)51(45,46)47)1-2-18-4-6-20(16-22(18)52(48,49)50)34-28-39-25(31-9-13-43)36-26(40-28)32-10-14-44/h1-6,15-16,41-44H,7-14H2,(H,45,46,47)(H,48,49,50)(H3,29,30,33,35,37,38)(H3,31,32,34,36,39,40)/p-2. The molecule has 4 aromatic rings. The molecule has 280 valence electrons. The zero-order valence-corrected chi connectivity index (χ0v) is 28.6. The largest absolute Gasteiger partial charge is 0.744 e. The quantitative estimate of drug-likeness (QED) is 0.0387. The molecule has 0 atom stereocenters. The molecule has 2 heterocycles. The first kappa shape index (κ1) is 39.4. The SMILES string of the molecule is O=S(=O)([O-])c1cc(Nc2nc(NCCO)nc(NCCO)n2)ccc1C=Cc1ccc(Nc2nc(NCCO)nc(NCCO)n2)cc1S(=O)(=O)[O-]. The van der Waals surface area contributed by atoms with Gasteiger partial charge in [-0.1, -0.05) is 24.3 Å². The second-order valence-corrected chi connectivity index (χ2v) is 12.9. The third kappa shape index (κ3) is 11.6. The highest BCUT2D eigenvalue weighted by atomic mass is 32.2. The van der Waals surface area contributed by atoms with Gasteiger partial charge in [0.15, 0.2) is 0 Å². The zero-order chi connectivity index (χ0) is 37.7. The predicted octanol–water partition coefficient (Wildman–Crippen LogP) is -0.861. The van der Waals surface area contributed by atoms with Crippen LogP contribution in [0.3, 0.4) is 0 Å². The Hall–Kier alpha value is -5.34. The third-order valence-corrected chi connectivity index (χ3v) is 8.16. The van der Waals surface area contributed by atoms with Gasteiger partial charge >= 0.3 is 0 Å². The van der Waals surface area contributed by atoms with Crippen molar-refractivity contribution in [2.75, 3.05) is 84.5 Å². The summed E-state index contributed by atoms with van der Waals surface area (Å²) < 4.78 is 73.8. The van der Waals surface area contributed by atoms with Crippen molar-refractivity contribution in [2.45, 2.75) is 9.79 Å². The van der Waals surface area contributed by atoms with Crippen LogP contribution in [0.15, 0.2) is 46.2 Å². The first-order valence-electron chi connectivity index (χ1n) is 15.2. The molecular formula is C28H34N12O10S2-2. The van der Waals surface area contributed by atoms with Crippen molar-refractivity contribution in [1.82, 2.24) is 29.9 Å². The van der Waals surface area contributed by atoms with Gasteiger partial charge in [0.25, 0.3) is 0 Å². The molecule has 0 amide bonds. The Morgan fingerprint density at radius 3 is 1.06 bits per heavy atom. The molecule has 10 N–H and O–H groups in total. The Bertz CT molecular complexity index is 1890. The summed E-state index contributed by atoms with van der Waals surface area (Å²) in [5.74, 6) is 0.00523. The fourth-order valence-corrected chi connectivity index (χ4v) is 5.61. The highest BCUT2D eigenvalue weighted by Gasteiger charge is 2.14. The predicted molar refractivity (Wildman–Crippen MR) is 186 cm³/mol. The Kier molecular flexibility index (Phi) is 13.8. The van der Waals surface area contributed by atoms with Crippen LogP contribution in [0.1, 0.15) is 11.1 Å². The van der Waals surface area contributed by atoms with Crippen molar-refractivity contribution < 1.29 is 46.4 Å². The number of rotatable bonds is 20. The van der Waals surface area contributed by atoms with Crippen molar-refractivity contribution in [1.29, 1.82) is 0 Å². The Morgan fingerprint density at radius 2 is 0.788 bits per heavy atom. The van der Waals surface area contributed by atoms with Gasteiger partial charge in [0.05, 0.1) is 36.2 Å². The summed E-state index contributed by atoms with van der Waals surface area (Å²) in [5, 5.41) is 53.0. The van der Waals surface area contributed by atoms with Gasteiger partial charge in [0.2, 0.25) is 35.7 Å². The molecule has 2 aromatic carbocycles. The van der Waals surface area contributed by atoms with E-state index in [-0.39, 0.29) is 111 Å². The van der Waals surface area contributed by atoms with Crippen molar-refractivity contribution in [3.05, 3.63) is 47.5 Å². The number of nitrogens with one attached hydrogen (secondary N) is 6. The maximum absolute atomic E-state index is 12.3. The molecule has 4 rings (SSSR count). The lowest BCUT2D eigenvalue weighted by Gasteiger charge is -2.15. The van der Waals surface area contributed by atoms with E-state index in [1.807, 2.05) is 0 Å². The van der Waals surface area contributed by atoms with E-state index >= 15 is 0 Å². The van der Waals surface area contributed by atoms with Crippen molar-refractivity contribution in [2.24, 2.45) is 0 Å². The molecule has 0 saturated heterocycles. The second-order valence-electron chi connectivity index (χ2n) is 10.2. The highest BCUT2D eigenvalue weighted by molar-refractivity contribution is 7.86. The number of benzene rings is 2. The van der Waals surface area contributed by atoms with Crippen molar-refractivity contribution >= 4 is 79.5 Å². The van der Waals surface area contributed by atoms with Crippen LogP contribution in [-0.4, -0.2) is 129 Å². The molecule has 0 bridgehead atoms. The number of aromatic nitrogens is 6. The van der Waals surface area contributed by atoms with E-state index in [2.05, 4.69) is 61.8 Å². The van der Waals surface area contributed by atoms with Crippen molar-refractivity contribution in [3.63, 3.8) is 0 Å². The number of hydrogen-bond acceptors (Lipinski definition) is 22. The summed E-state index contributed by atoms with van der Waals surface area (Å²) in [6.45, 7) is -0.501. The molecule has 0 spiro atoms. The summed E-state index contributed by atoms with van der Waals surface area (Å²) in [4.78, 5) is 23.3. The maximum Gasteiger partial charge on any atom is 0.233 e. The normalized spacial score (nSPS) is 11.7. The van der Waals surface area contributed by atoms with E-state index in [1.54, 1.807) is 0 Å². The summed E-state index contributed by atoms with van der Waals surface area (Å²) in [5.41, 5.74) is -0.140. The fraction of sp³-hybridized carbons (Fsp3) is 0.286. The average Bonchev–Trinajstić information content (AvgIpc) is 3.10. The van der Waals surface area contributed by atoms with Crippen LogP contribution >= 0.6 is 0 Å². The van der Waals surface area contributed by atoms with Gasteiger partial charge in [-0.15, -0.1) is 0 Å². The minimum absolute atomic E-state index is 0.0430. The van der Waals surface area contributed by atoms with Crippen molar-refractivity contribution in [3.8, 4) is 0 Å². The molecule has 24 heteroatoms. The van der Waals surface area contributed by atoms with Gasteiger partial charge in [-0.25, -0.2) is 16.8 Å². The molecule has 0 unspecified atom stereocenters. The van der Waals surface area contributed by atoms with Gasteiger partial charge in [0, 0.05) is 37.6 Å². The van der Waals surface area contributed by atoms with E-state index in [1.165, 1.54) is 24.3 Å². The van der Waals surface area contributed by atoms with Gasteiger partial charge in [-0.2, -0.15) is 29.9 Å². The van der Waals surface area contributed by atoms with Crippen LogP contribution in [0.2, 0.25) is 0 Å². The molecule has 0 saturated carbocycles. The van der Waals surface area contributed by atoms with E-state index < -0.39 is 30.0 Å². The molecule has 0 aliphatic carbocycles. The number of anilines is 8. The van der Waals surface area contributed by atoms with E-state index in [9.17, 15) is 25.9 Å². The highest BCUT2D eigenvalue weighted by Crippen LogP contribution is 2.28. The lowest BCUT2D eigenvalue weighted by atomic mass is 10.1. The van der Waals surface area contributed by atoms with Crippen LogP contribution < -0.4 is 31.9 Å². The summed E-state index contributed by atoms with van der Waals surface area (Å²) in [6.07, 6.45) is 2.29. The number of hydrogen-bond donors (Lipinski definition) is 10. The molecular weight excluding hydrogens is 729 g/mol. The van der Waals surface area contributed by atoms with Gasteiger partial charge in [0.1, 0.15) is 20.2 Å².